The third-order valence-electron chi connectivity index (χ3n) is 16.1. The smallest absolute Gasteiger partial charge is 0.336 e. The molecule has 0 spiro atoms. The molecule has 84 heavy (non-hydrogen) atoms. The molecule has 0 radical (unpaired) electrons. The highest BCUT2D eigenvalue weighted by molar-refractivity contribution is 7.99. The molecule has 0 unspecified atom stereocenters. The summed E-state index contributed by atoms with van der Waals surface area (Å²) in [5.74, 6) is 3.60. The molecular formula is C69H129N3O9S3. The molecule has 0 aliphatic heterocycles. The number of nitrogens with zero attached hydrogens (tertiary/aromatic N) is 3. The summed E-state index contributed by atoms with van der Waals surface area (Å²) in [4.78, 5) is 79.1. The second-order valence-electron chi connectivity index (χ2n) is 23.9. The van der Waals surface area contributed by atoms with Crippen LogP contribution in [0.4, 0.5) is 0 Å². The number of aromatic nitrogens is 3. The molecule has 1 heterocycles. The molecule has 0 atom stereocenters. The van der Waals surface area contributed by atoms with Crippen LogP contribution in [0.25, 0.3) is 0 Å². The number of hydrogen-bond acceptors (Lipinski definition) is 12. The van der Waals surface area contributed by atoms with Crippen LogP contribution in [-0.2, 0) is 48.2 Å². The van der Waals surface area contributed by atoms with Crippen LogP contribution in [0.15, 0.2) is 14.4 Å². The summed E-state index contributed by atoms with van der Waals surface area (Å²) in [7, 11) is 0. The minimum absolute atomic E-state index is 0.217. The largest absolute Gasteiger partial charge is 0.464 e. The zero-order valence-corrected chi connectivity index (χ0v) is 57.1. The van der Waals surface area contributed by atoms with E-state index in [0.717, 1.165) is 50.2 Å². The van der Waals surface area contributed by atoms with Crippen LogP contribution < -0.4 is 17.1 Å². The summed E-state index contributed by atoms with van der Waals surface area (Å²) < 4.78 is 19.0. The number of carbonyl (C=O) groups is 3. The monoisotopic (exact) mass is 1240 g/mol. The van der Waals surface area contributed by atoms with Crippen LogP contribution >= 0.6 is 35.3 Å². The number of thioether (sulfide) groups is 3. The maximum Gasteiger partial charge on any atom is 0.336 e. The number of ether oxygens (including phenoxy) is 3. The van der Waals surface area contributed by atoms with Gasteiger partial charge in [0.2, 0.25) is 0 Å². The van der Waals surface area contributed by atoms with Crippen molar-refractivity contribution in [1.82, 2.24) is 13.7 Å². The van der Waals surface area contributed by atoms with E-state index in [0.29, 0.717) is 17.3 Å². The molecule has 0 aromatic carbocycles. The molecule has 0 fully saturated rings. The lowest BCUT2D eigenvalue weighted by molar-refractivity contribution is -0.144. The lowest BCUT2D eigenvalue weighted by Gasteiger charge is -2.14. The lowest BCUT2D eigenvalue weighted by atomic mass is 10.0. The van der Waals surface area contributed by atoms with Gasteiger partial charge >= 0.3 is 35.0 Å². The molecule has 0 saturated carbocycles. The van der Waals surface area contributed by atoms with Crippen LogP contribution in [0.5, 0.6) is 0 Å². The molecule has 492 valence electrons. The predicted octanol–water partition coefficient (Wildman–Crippen LogP) is 18.8. The van der Waals surface area contributed by atoms with Crippen LogP contribution in [0.3, 0.4) is 0 Å². The highest BCUT2D eigenvalue weighted by atomic mass is 32.2. The first-order valence-electron chi connectivity index (χ1n) is 35.4. The van der Waals surface area contributed by atoms with Gasteiger partial charge in [0, 0.05) is 17.3 Å². The SMILES string of the molecule is CCCCCCCCCCCCCCCCCSCCC(=O)OCCn1c(=O)n(CCOC(=O)CCSCCCCCCCCCCCCCCCCC)c(=O)n(CCOC(=O)CCSCCCCCCCCCCCCCCCCC)c1=O. The summed E-state index contributed by atoms with van der Waals surface area (Å²) in [5, 5.41) is 0. The Hall–Kier alpha value is -2.13. The van der Waals surface area contributed by atoms with E-state index in [1.165, 1.54) is 270 Å². The van der Waals surface area contributed by atoms with Gasteiger partial charge in [-0.1, -0.05) is 290 Å². The van der Waals surface area contributed by atoms with Crippen molar-refractivity contribution in [2.24, 2.45) is 0 Å². The minimum atomic E-state index is -0.880. The summed E-state index contributed by atoms with van der Waals surface area (Å²) in [5.41, 5.74) is -2.64. The van der Waals surface area contributed by atoms with E-state index < -0.39 is 35.0 Å². The van der Waals surface area contributed by atoms with Crippen molar-refractivity contribution < 1.29 is 28.6 Å². The van der Waals surface area contributed by atoms with Gasteiger partial charge in [0.05, 0.1) is 38.9 Å². The Balaban J connectivity index is 2.51. The van der Waals surface area contributed by atoms with E-state index in [4.69, 9.17) is 14.2 Å². The lowest BCUT2D eigenvalue weighted by Crippen LogP contribution is -2.55. The Bertz CT molecular complexity index is 1610. The van der Waals surface area contributed by atoms with E-state index >= 15 is 0 Å². The molecule has 12 nitrogen and oxygen atoms in total. The van der Waals surface area contributed by atoms with Gasteiger partial charge in [-0.15, -0.1) is 0 Å². The molecule has 0 amide bonds. The molecule has 0 aliphatic carbocycles. The Morgan fingerprint density at radius 1 is 0.262 bits per heavy atom. The van der Waals surface area contributed by atoms with E-state index in [1.54, 1.807) is 35.3 Å². The molecule has 0 saturated heterocycles. The molecule has 1 aromatic rings. The first kappa shape index (κ1) is 79.9. The predicted molar refractivity (Wildman–Crippen MR) is 363 cm³/mol. The van der Waals surface area contributed by atoms with Gasteiger partial charge in [-0.05, 0) is 36.5 Å². The summed E-state index contributed by atoms with van der Waals surface area (Å²) in [6, 6.07) is 0. The van der Waals surface area contributed by atoms with Crippen molar-refractivity contribution in [2.75, 3.05) is 54.3 Å². The van der Waals surface area contributed by atoms with Crippen LogP contribution in [0, 0.1) is 0 Å². The van der Waals surface area contributed by atoms with E-state index in [1.807, 2.05) is 0 Å². The van der Waals surface area contributed by atoms with Crippen LogP contribution in [0.1, 0.15) is 329 Å². The molecule has 0 bridgehead atoms. The quantitative estimate of drug-likeness (QED) is 0.0348. The number of carbonyl (C=O) groups excluding carboxylic acids is 3. The standard InChI is InChI=1S/C69H129N3O9S3/c1-4-7-10-13-16-19-22-25-28-31-34-37-40-43-46-58-82-61-49-64(73)79-55-52-70-67(76)71(53-56-80-65(74)50-62-83-59-47-44-41-38-35-32-29-26-23-20-17-14-11-8-5-2)69(78)72(68(70)77)54-57-81-66(75)51-63-84-60-48-45-42-39-36-33-30-27-24-21-18-15-12-9-6-3/h4-63H2,1-3H3. The van der Waals surface area contributed by atoms with E-state index in [-0.39, 0.29) is 58.7 Å². The topological polar surface area (TPSA) is 145 Å². The highest BCUT2D eigenvalue weighted by Gasteiger charge is 2.18. The second kappa shape index (κ2) is 62.5. The molecule has 0 N–H and O–H groups in total. The fraction of sp³-hybridized carbons (Fsp3) is 0.913. The van der Waals surface area contributed by atoms with Gasteiger partial charge in [-0.25, -0.2) is 28.1 Å². The summed E-state index contributed by atoms with van der Waals surface area (Å²) >= 11 is 5.20. The van der Waals surface area contributed by atoms with Crippen molar-refractivity contribution in [1.29, 1.82) is 0 Å². The van der Waals surface area contributed by atoms with Crippen molar-refractivity contribution in [3.8, 4) is 0 Å². The van der Waals surface area contributed by atoms with Crippen molar-refractivity contribution in [3.05, 3.63) is 31.5 Å². The van der Waals surface area contributed by atoms with E-state index in [9.17, 15) is 28.8 Å². The minimum Gasteiger partial charge on any atom is -0.464 e. The maximum absolute atomic E-state index is 13.7. The fourth-order valence-corrected chi connectivity index (χ4v) is 13.5. The third-order valence-corrected chi connectivity index (χ3v) is 19.4. The zero-order chi connectivity index (χ0) is 60.9. The molecular weight excluding hydrogens is 1110 g/mol. The highest BCUT2D eigenvalue weighted by Crippen LogP contribution is 2.18. The molecule has 0 aliphatic rings. The van der Waals surface area contributed by atoms with Crippen LogP contribution in [-0.4, -0.2) is 85.9 Å². The maximum atomic E-state index is 13.7. The molecule has 15 heteroatoms. The van der Waals surface area contributed by atoms with Crippen LogP contribution in [0.2, 0.25) is 0 Å². The van der Waals surface area contributed by atoms with Crippen molar-refractivity contribution >= 4 is 53.2 Å². The zero-order valence-electron chi connectivity index (χ0n) is 54.7. The Morgan fingerprint density at radius 2 is 0.429 bits per heavy atom. The average Bonchev–Trinajstić information content (AvgIpc) is 2.67. The Labute approximate surface area is 526 Å². The first-order chi connectivity index (χ1) is 41.3. The number of unbranched alkanes of at least 4 members (excludes halogenated alkanes) is 42. The molecule has 1 rings (SSSR count). The van der Waals surface area contributed by atoms with Gasteiger partial charge < -0.3 is 14.2 Å². The third kappa shape index (κ3) is 49.8. The number of esters is 3. The van der Waals surface area contributed by atoms with Gasteiger partial charge in [0.15, 0.2) is 0 Å². The van der Waals surface area contributed by atoms with E-state index in [2.05, 4.69) is 20.8 Å². The van der Waals surface area contributed by atoms with Crippen molar-refractivity contribution in [3.63, 3.8) is 0 Å². The molecule has 1 aromatic heterocycles. The average molecular weight is 1240 g/mol. The summed E-state index contributed by atoms with van der Waals surface area (Å²) in [6.45, 7) is 5.34. The summed E-state index contributed by atoms with van der Waals surface area (Å²) in [6.07, 6.45) is 60.4. The van der Waals surface area contributed by atoms with Gasteiger partial charge in [-0.3, -0.25) is 14.4 Å². The Kier molecular flexibility index (Phi) is 59.4. The van der Waals surface area contributed by atoms with Gasteiger partial charge in [-0.2, -0.15) is 35.3 Å². The Morgan fingerprint density at radius 3 is 0.607 bits per heavy atom. The van der Waals surface area contributed by atoms with Gasteiger partial charge in [0.1, 0.15) is 19.8 Å². The normalized spacial score (nSPS) is 11.5. The number of rotatable bonds is 66. The van der Waals surface area contributed by atoms with Crippen molar-refractivity contribution in [2.45, 2.75) is 349 Å². The number of hydrogen-bond donors (Lipinski definition) is 0. The van der Waals surface area contributed by atoms with Gasteiger partial charge in [0.25, 0.3) is 0 Å². The first-order valence-corrected chi connectivity index (χ1v) is 38.9. The second-order valence-corrected chi connectivity index (χ2v) is 27.6. The fourth-order valence-electron chi connectivity index (χ4n) is 10.7.